The van der Waals surface area contributed by atoms with Gasteiger partial charge in [-0.3, -0.25) is 0 Å². The van der Waals surface area contributed by atoms with Crippen LogP contribution in [0.5, 0.6) is 0 Å². The highest BCUT2D eigenvalue weighted by Gasteiger charge is 2.16. The number of aliphatic hydroxyl groups is 1. The molecular weight excluding hydrogens is 298 g/mol. The number of aromatic nitrogens is 2. The van der Waals surface area contributed by atoms with E-state index >= 15 is 0 Å². The molecule has 0 fully saturated rings. The van der Waals surface area contributed by atoms with E-state index in [0.29, 0.717) is 23.1 Å². The molecule has 0 aliphatic rings. The molecule has 0 radical (unpaired) electrons. The standard InChI is InChI=1S/C17H16ClN3O/c18-16-15(11-22)21(10-12-4-2-1-3-5-12)17(20-16)13-6-8-14(19)9-7-13/h1-9,22H,10-11,19H2. The zero-order chi connectivity index (χ0) is 15.5. The van der Waals surface area contributed by atoms with Gasteiger partial charge in [0.25, 0.3) is 0 Å². The van der Waals surface area contributed by atoms with Crippen molar-refractivity contribution in [1.29, 1.82) is 0 Å². The molecule has 3 rings (SSSR count). The van der Waals surface area contributed by atoms with Crippen molar-refractivity contribution in [3.05, 3.63) is 71.0 Å². The van der Waals surface area contributed by atoms with Gasteiger partial charge < -0.3 is 15.4 Å². The molecule has 5 heteroatoms. The minimum Gasteiger partial charge on any atom is -0.399 e. The van der Waals surface area contributed by atoms with Crippen molar-refractivity contribution in [3.8, 4) is 11.4 Å². The number of aliphatic hydroxyl groups excluding tert-OH is 1. The van der Waals surface area contributed by atoms with E-state index < -0.39 is 0 Å². The first-order valence-corrected chi connectivity index (χ1v) is 7.32. The van der Waals surface area contributed by atoms with Gasteiger partial charge in [0.05, 0.1) is 12.3 Å². The molecule has 112 valence electrons. The molecule has 0 atom stereocenters. The van der Waals surface area contributed by atoms with Crippen molar-refractivity contribution in [1.82, 2.24) is 9.55 Å². The number of rotatable bonds is 4. The fourth-order valence-electron chi connectivity index (χ4n) is 2.40. The summed E-state index contributed by atoms with van der Waals surface area (Å²) in [5.74, 6) is 0.720. The fourth-order valence-corrected chi connectivity index (χ4v) is 2.64. The largest absolute Gasteiger partial charge is 0.399 e. The van der Waals surface area contributed by atoms with E-state index in [1.807, 2.05) is 59.2 Å². The molecule has 0 bridgehead atoms. The molecule has 0 spiro atoms. The topological polar surface area (TPSA) is 64.1 Å². The Kier molecular flexibility index (Phi) is 4.13. The average Bonchev–Trinajstić information content (AvgIpc) is 2.85. The summed E-state index contributed by atoms with van der Waals surface area (Å²) in [6, 6.07) is 17.4. The zero-order valence-electron chi connectivity index (χ0n) is 11.9. The Morgan fingerprint density at radius 1 is 1.05 bits per heavy atom. The highest BCUT2D eigenvalue weighted by atomic mass is 35.5. The third kappa shape index (κ3) is 2.84. The van der Waals surface area contributed by atoms with Crippen molar-refractivity contribution < 1.29 is 5.11 Å². The lowest BCUT2D eigenvalue weighted by molar-refractivity contribution is 0.272. The molecule has 0 amide bonds. The molecule has 0 unspecified atom stereocenters. The first-order valence-electron chi connectivity index (χ1n) is 6.94. The number of nitrogen functional groups attached to an aromatic ring is 1. The Hall–Kier alpha value is -2.30. The summed E-state index contributed by atoms with van der Waals surface area (Å²) in [6.07, 6.45) is 0. The first kappa shape index (κ1) is 14.6. The van der Waals surface area contributed by atoms with Crippen LogP contribution in [-0.2, 0) is 13.2 Å². The second-order valence-electron chi connectivity index (χ2n) is 5.02. The van der Waals surface area contributed by atoms with Gasteiger partial charge in [0, 0.05) is 17.8 Å². The van der Waals surface area contributed by atoms with E-state index in [1.165, 1.54) is 0 Å². The predicted octanol–water partition coefficient (Wildman–Crippen LogP) is 3.33. The maximum Gasteiger partial charge on any atom is 0.153 e. The number of halogens is 1. The molecule has 4 nitrogen and oxygen atoms in total. The Labute approximate surface area is 133 Å². The summed E-state index contributed by atoms with van der Waals surface area (Å²) in [4.78, 5) is 4.41. The maximum atomic E-state index is 9.62. The van der Waals surface area contributed by atoms with Gasteiger partial charge in [0.15, 0.2) is 5.15 Å². The lowest BCUT2D eigenvalue weighted by Gasteiger charge is -2.11. The van der Waals surface area contributed by atoms with Gasteiger partial charge in [-0.2, -0.15) is 0 Å². The summed E-state index contributed by atoms with van der Waals surface area (Å²) in [5, 5.41) is 9.94. The quantitative estimate of drug-likeness (QED) is 0.726. The molecule has 1 heterocycles. The van der Waals surface area contributed by atoms with Gasteiger partial charge in [-0.25, -0.2) is 4.98 Å². The van der Waals surface area contributed by atoms with Crippen LogP contribution >= 0.6 is 11.6 Å². The lowest BCUT2D eigenvalue weighted by atomic mass is 10.2. The number of hydrogen-bond acceptors (Lipinski definition) is 3. The van der Waals surface area contributed by atoms with Crippen LogP contribution in [0.3, 0.4) is 0 Å². The van der Waals surface area contributed by atoms with E-state index in [9.17, 15) is 5.11 Å². The van der Waals surface area contributed by atoms with Crippen LogP contribution in [0.4, 0.5) is 5.69 Å². The van der Waals surface area contributed by atoms with Crippen LogP contribution in [0.1, 0.15) is 11.3 Å². The number of hydrogen-bond donors (Lipinski definition) is 2. The van der Waals surface area contributed by atoms with E-state index in [0.717, 1.165) is 17.0 Å². The normalized spacial score (nSPS) is 10.8. The molecule has 3 N–H and O–H groups in total. The molecule has 0 saturated carbocycles. The van der Waals surface area contributed by atoms with Crippen LogP contribution in [0.25, 0.3) is 11.4 Å². The summed E-state index contributed by atoms with van der Waals surface area (Å²) in [5.41, 5.74) is 9.06. The Bertz CT molecular complexity index is 767. The fraction of sp³-hybridized carbons (Fsp3) is 0.118. The first-order chi connectivity index (χ1) is 10.7. The van der Waals surface area contributed by atoms with Crippen molar-refractivity contribution in [2.45, 2.75) is 13.2 Å². The van der Waals surface area contributed by atoms with E-state index in [4.69, 9.17) is 17.3 Å². The number of nitrogens with zero attached hydrogens (tertiary/aromatic N) is 2. The van der Waals surface area contributed by atoms with Crippen molar-refractivity contribution in [2.24, 2.45) is 0 Å². The molecular formula is C17H16ClN3O. The maximum absolute atomic E-state index is 9.62. The highest BCUT2D eigenvalue weighted by molar-refractivity contribution is 6.30. The van der Waals surface area contributed by atoms with Crippen LogP contribution in [0.2, 0.25) is 5.15 Å². The summed E-state index contributed by atoms with van der Waals surface area (Å²) < 4.78 is 1.93. The SMILES string of the molecule is Nc1ccc(-c2nc(Cl)c(CO)n2Cc2ccccc2)cc1. The van der Waals surface area contributed by atoms with Gasteiger partial charge in [0.1, 0.15) is 5.82 Å². The van der Waals surface area contributed by atoms with Crippen LogP contribution in [0.15, 0.2) is 54.6 Å². The van der Waals surface area contributed by atoms with Crippen LogP contribution in [-0.4, -0.2) is 14.7 Å². The monoisotopic (exact) mass is 313 g/mol. The number of nitrogens with two attached hydrogens (primary N) is 1. The molecule has 22 heavy (non-hydrogen) atoms. The van der Waals surface area contributed by atoms with Gasteiger partial charge in [-0.1, -0.05) is 41.9 Å². The summed E-state index contributed by atoms with van der Waals surface area (Å²) in [6.45, 7) is 0.434. The Morgan fingerprint density at radius 3 is 2.36 bits per heavy atom. The van der Waals surface area contributed by atoms with Crippen LogP contribution in [0, 0.1) is 0 Å². The minimum absolute atomic E-state index is 0.159. The van der Waals surface area contributed by atoms with Gasteiger partial charge in [-0.15, -0.1) is 0 Å². The lowest BCUT2D eigenvalue weighted by Crippen LogP contribution is -2.06. The van der Waals surface area contributed by atoms with Gasteiger partial charge in [-0.05, 0) is 29.8 Å². The van der Waals surface area contributed by atoms with Gasteiger partial charge >= 0.3 is 0 Å². The van der Waals surface area contributed by atoms with Crippen molar-refractivity contribution in [2.75, 3.05) is 5.73 Å². The number of benzene rings is 2. The van der Waals surface area contributed by atoms with Crippen molar-refractivity contribution >= 4 is 17.3 Å². The van der Waals surface area contributed by atoms with E-state index in [1.54, 1.807) is 0 Å². The van der Waals surface area contributed by atoms with Crippen molar-refractivity contribution in [3.63, 3.8) is 0 Å². The molecule has 0 aliphatic carbocycles. The minimum atomic E-state index is -0.159. The molecule has 1 aromatic heterocycles. The van der Waals surface area contributed by atoms with Crippen LogP contribution < -0.4 is 5.73 Å². The zero-order valence-corrected chi connectivity index (χ0v) is 12.7. The number of imidazole rings is 1. The molecule has 3 aromatic rings. The average molecular weight is 314 g/mol. The third-order valence-electron chi connectivity index (χ3n) is 3.53. The predicted molar refractivity (Wildman–Crippen MR) is 88.6 cm³/mol. The highest BCUT2D eigenvalue weighted by Crippen LogP contribution is 2.27. The summed E-state index contributed by atoms with van der Waals surface area (Å²) in [7, 11) is 0. The summed E-state index contributed by atoms with van der Waals surface area (Å²) >= 11 is 6.18. The second kappa shape index (κ2) is 6.22. The molecule has 0 saturated heterocycles. The smallest absolute Gasteiger partial charge is 0.153 e. The Morgan fingerprint density at radius 2 is 1.73 bits per heavy atom. The third-order valence-corrected chi connectivity index (χ3v) is 3.83. The second-order valence-corrected chi connectivity index (χ2v) is 5.38. The van der Waals surface area contributed by atoms with Gasteiger partial charge in [0.2, 0.25) is 0 Å². The van der Waals surface area contributed by atoms with E-state index in [-0.39, 0.29) is 6.61 Å². The number of anilines is 1. The van der Waals surface area contributed by atoms with E-state index in [2.05, 4.69) is 4.98 Å². The molecule has 2 aromatic carbocycles. The molecule has 0 aliphatic heterocycles. The Balaban J connectivity index is 2.08.